The molecule has 0 aliphatic heterocycles. The predicted molar refractivity (Wildman–Crippen MR) is 166 cm³/mol. The fraction of sp³-hybridized carbons (Fsp3) is 0.353. The first kappa shape index (κ1) is 28.4. The third-order valence-corrected chi connectivity index (χ3v) is 8.02. The van der Waals surface area contributed by atoms with Crippen molar-refractivity contribution in [3.63, 3.8) is 0 Å². The Morgan fingerprint density at radius 1 is 1.15 bits per heavy atom. The number of ether oxygens (including phenoxy) is 1. The SMILES string of the molecule is CCN(CCNc1ccc(C(=O)O)c(Oc2cnc3[nH]ccc3c2)c1)CC1=C(c2ccc(C)cc2)CC(C)(C)CC1. The van der Waals surface area contributed by atoms with E-state index >= 15 is 0 Å². The highest BCUT2D eigenvalue weighted by atomic mass is 16.5. The number of hydrogen-bond acceptors (Lipinski definition) is 5. The van der Waals surface area contributed by atoms with Crippen LogP contribution >= 0.6 is 0 Å². The van der Waals surface area contributed by atoms with Crippen LogP contribution in [-0.2, 0) is 0 Å². The fourth-order valence-electron chi connectivity index (χ4n) is 5.54. The van der Waals surface area contributed by atoms with Crippen LogP contribution in [0.25, 0.3) is 16.6 Å². The third kappa shape index (κ3) is 6.98. The van der Waals surface area contributed by atoms with Crippen molar-refractivity contribution in [1.29, 1.82) is 0 Å². The number of nitrogens with one attached hydrogen (secondary N) is 2. The topological polar surface area (TPSA) is 90.5 Å². The van der Waals surface area contributed by atoms with Gasteiger partial charge in [0.15, 0.2) is 0 Å². The molecule has 3 N–H and O–H groups in total. The number of rotatable bonds is 11. The normalized spacial score (nSPS) is 15.0. The standard InChI is InChI=1S/C34H40N4O3/c1-5-38(22-26-12-14-34(3,4)20-30(26)24-8-6-23(2)7-9-24)17-16-35-27-10-11-29(33(39)40)31(19-27)41-28-18-25-13-15-36-32(25)37-21-28/h6-11,13,15,18-19,21,35H,5,12,14,16-17,20,22H2,1-4H3,(H,36,37)(H,39,40). The van der Waals surface area contributed by atoms with E-state index in [4.69, 9.17) is 4.74 Å². The average molecular weight is 553 g/mol. The van der Waals surface area contributed by atoms with Gasteiger partial charge in [0.05, 0.1) is 6.20 Å². The Kier molecular flexibility index (Phi) is 8.45. The van der Waals surface area contributed by atoms with E-state index in [2.05, 4.69) is 72.1 Å². The Hall–Kier alpha value is -4.10. The maximum Gasteiger partial charge on any atom is 0.339 e. The number of H-pyrrole nitrogens is 1. The smallest absolute Gasteiger partial charge is 0.339 e. The van der Waals surface area contributed by atoms with E-state index in [9.17, 15) is 9.90 Å². The van der Waals surface area contributed by atoms with E-state index in [1.807, 2.05) is 18.3 Å². The van der Waals surface area contributed by atoms with Crippen LogP contribution in [-0.4, -0.2) is 52.1 Å². The van der Waals surface area contributed by atoms with Gasteiger partial charge in [-0.1, -0.05) is 56.2 Å². The van der Waals surface area contributed by atoms with Gasteiger partial charge in [-0.15, -0.1) is 0 Å². The first-order valence-corrected chi connectivity index (χ1v) is 14.4. The van der Waals surface area contributed by atoms with E-state index in [1.54, 1.807) is 30.0 Å². The molecule has 214 valence electrons. The number of aromatic nitrogens is 2. The molecule has 0 saturated heterocycles. The summed E-state index contributed by atoms with van der Waals surface area (Å²) in [7, 11) is 0. The van der Waals surface area contributed by atoms with E-state index < -0.39 is 5.97 Å². The minimum Gasteiger partial charge on any atom is -0.478 e. The van der Waals surface area contributed by atoms with Crippen molar-refractivity contribution in [1.82, 2.24) is 14.9 Å². The van der Waals surface area contributed by atoms with Crippen LogP contribution in [0.1, 0.15) is 61.5 Å². The zero-order valence-electron chi connectivity index (χ0n) is 24.5. The van der Waals surface area contributed by atoms with Crippen molar-refractivity contribution in [2.24, 2.45) is 5.41 Å². The van der Waals surface area contributed by atoms with Crippen molar-refractivity contribution in [3.05, 3.63) is 89.3 Å². The molecular weight excluding hydrogens is 512 g/mol. The highest BCUT2D eigenvalue weighted by molar-refractivity contribution is 5.91. The van der Waals surface area contributed by atoms with E-state index in [0.717, 1.165) is 55.7 Å². The number of nitrogens with zero attached hydrogens (tertiary/aromatic N) is 2. The average Bonchev–Trinajstić information content (AvgIpc) is 3.41. The first-order valence-electron chi connectivity index (χ1n) is 14.4. The van der Waals surface area contributed by atoms with E-state index in [1.165, 1.54) is 23.1 Å². The second-order valence-corrected chi connectivity index (χ2v) is 11.8. The molecule has 0 saturated carbocycles. The number of hydrogen-bond donors (Lipinski definition) is 3. The van der Waals surface area contributed by atoms with Crippen LogP contribution in [0, 0.1) is 12.3 Å². The number of aromatic amines is 1. The monoisotopic (exact) mass is 552 g/mol. The summed E-state index contributed by atoms with van der Waals surface area (Å²) in [5, 5.41) is 14.1. The van der Waals surface area contributed by atoms with Crippen molar-refractivity contribution in [3.8, 4) is 11.5 Å². The lowest BCUT2D eigenvalue weighted by Gasteiger charge is -2.35. The number of carbonyl (C=O) groups is 1. The zero-order chi connectivity index (χ0) is 29.0. The molecular formula is C34H40N4O3. The van der Waals surface area contributed by atoms with Gasteiger partial charge in [-0.05, 0) is 73.5 Å². The molecule has 0 bridgehead atoms. The number of carboxylic acids is 1. The van der Waals surface area contributed by atoms with Gasteiger partial charge in [0.25, 0.3) is 0 Å². The van der Waals surface area contributed by atoms with Gasteiger partial charge in [0, 0.05) is 43.0 Å². The zero-order valence-corrected chi connectivity index (χ0v) is 24.5. The van der Waals surface area contributed by atoms with Crippen molar-refractivity contribution in [2.45, 2.75) is 47.0 Å². The van der Waals surface area contributed by atoms with Crippen LogP contribution in [0.2, 0.25) is 0 Å². The summed E-state index contributed by atoms with van der Waals surface area (Å²) >= 11 is 0. The Balaban J connectivity index is 1.27. The predicted octanol–water partition coefficient (Wildman–Crippen LogP) is 7.76. The molecule has 0 radical (unpaired) electrons. The Labute approximate surface area is 242 Å². The van der Waals surface area contributed by atoms with Crippen LogP contribution in [0.5, 0.6) is 11.5 Å². The Morgan fingerprint density at radius 2 is 1.95 bits per heavy atom. The van der Waals surface area contributed by atoms with Crippen molar-refractivity contribution >= 4 is 28.3 Å². The summed E-state index contributed by atoms with van der Waals surface area (Å²) < 4.78 is 6.00. The molecule has 5 rings (SSSR count). The molecule has 2 aromatic carbocycles. The number of benzene rings is 2. The van der Waals surface area contributed by atoms with E-state index in [-0.39, 0.29) is 11.3 Å². The third-order valence-electron chi connectivity index (χ3n) is 8.02. The summed E-state index contributed by atoms with van der Waals surface area (Å²) in [5.74, 6) is -0.265. The molecule has 1 aliphatic carbocycles. The minimum absolute atomic E-state index is 0.107. The fourth-order valence-corrected chi connectivity index (χ4v) is 5.54. The number of pyridine rings is 1. The second-order valence-electron chi connectivity index (χ2n) is 11.8. The number of aryl methyl sites for hydroxylation is 1. The number of carboxylic acid groups (broad SMARTS) is 1. The van der Waals surface area contributed by atoms with E-state index in [0.29, 0.717) is 11.2 Å². The molecule has 2 aromatic heterocycles. The largest absolute Gasteiger partial charge is 0.478 e. The van der Waals surface area contributed by atoms with Gasteiger partial charge in [-0.25, -0.2) is 9.78 Å². The number of aromatic carboxylic acids is 1. The van der Waals surface area contributed by atoms with Gasteiger partial charge in [0.2, 0.25) is 0 Å². The van der Waals surface area contributed by atoms with Gasteiger partial charge in [0.1, 0.15) is 22.7 Å². The molecule has 7 heteroatoms. The van der Waals surface area contributed by atoms with Gasteiger partial charge in [-0.2, -0.15) is 0 Å². The summed E-state index contributed by atoms with van der Waals surface area (Å²) in [6, 6.07) is 17.9. The number of likely N-dealkylation sites (N-methyl/N-ethyl adjacent to an activating group) is 1. The van der Waals surface area contributed by atoms with Crippen LogP contribution in [0.4, 0.5) is 5.69 Å². The number of anilines is 1. The molecule has 0 unspecified atom stereocenters. The summed E-state index contributed by atoms with van der Waals surface area (Å²) in [5.41, 5.74) is 7.68. The highest BCUT2D eigenvalue weighted by Gasteiger charge is 2.28. The maximum atomic E-state index is 11.9. The lowest BCUT2D eigenvalue weighted by Crippen LogP contribution is -2.32. The molecule has 0 amide bonds. The lowest BCUT2D eigenvalue weighted by molar-refractivity contribution is 0.0694. The molecule has 0 spiro atoms. The van der Waals surface area contributed by atoms with Crippen LogP contribution in [0.15, 0.2) is 72.6 Å². The molecule has 41 heavy (non-hydrogen) atoms. The Morgan fingerprint density at radius 3 is 2.71 bits per heavy atom. The second kappa shape index (κ2) is 12.2. The maximum absolute atomic E-state index is 11.9. The number of allylic oxidation sites excluding steroid dienone is 1. The van der Waals surface area contributed by atoms with Crippen LogP contribution < -0.4 is 10.1 Å². The summed E-state index contributed by atoms with van der Waals surface area (Å²) in [6.45, 7) is 12.6. The molecule has 7 nitrogen and oxygen atoms in total. The van der Waals surface area contributed by atoms with Gasteiger partial charge >= 0.3 is 5.97 Å². The molecule has 1 aliphatic rings. The van der Waals surface area contributed by atoms with Gasteiger partial charge in [-0.3, -0.25) is 4.90 Å². The van der Waals surface area contributed by atoms with Crippen molar-refractivity contribution < 1.29 is 14.6 Å². The first-order chi connectivity index (χ1) is 19.7. The summed E-state index contributed by atoms with van der Waals surface area (Å²) in [4.78, 5) is 21.8. The quantitative estimate of drug-likeness (QED) is 0.176. The summed E-state index contributed by atoms with van der Waals surface area (Å²) in [6.07, 6.45) is 6.84. The molecule has 4 aromatic rings. The van der Waals surface area contributed by atoms with Gasteiger partial charge < -0.3 is 20.1 Å². The molecule has 0 atom stereocenters. The van der Waals surface area contributed by atoms with Crippen LogP contribution in [0.3, 0.4) is 0 Å². The minimum atomic E-state index is -1.03. The highest BCUT2D eigenvalue weighted by Crippen LogP contribution is 2.43. The Bertz CT molecular complexity index is 1550. The molecule has 0 fully saturated rings. The molecule has 2 heterocycles. The lowest BCUT2D eigenvalue weighted by atomic mass is 9.72. The van der Waals surface area contributed by atoms with Crippen molar-refractivity contribution in [2.75, 3.05) is 31.5 Å². The number of fused-ring (bicyclic) bond motifs is 1.